The summed E-state index contributed by atoms with van der Waals surface area (Å²) in [6, 6.07) is 0. The smallest absolute Gasteiger partial charge is 0.312 e. The summed E-state index contributed by atoms with van der Waals surface area (Å²) < 4.78 is 0. The Bertz CT molecular complexity index is 524. The first-order valence-electron chi connectivity index (χ1n) is 4.35. The summed E-state index contributed by atoms with van der Waals surface area (Å²) in [5, 5.41) is 10.7. The Morgan fingerprint density at radius 2 is 2.38 bits per heavy atom. The molecule has 0 amide bonds. The number of nitrogens with zero attached hydrogens (tertiary/aromatic N) is 3. The third-order valence-corrected chi connectivity index (χ3v) is 2.03. The molecule has 0 aliphatic carbocycles. The Morgan fingerprint density at radius 1 is 1.56 bits per heavy atom. The molecule has 2 aromatic rings. The van der Waals surface area contributed by atoms with Gasteiger partial charge in [0.25, 0.3) is 0 Å². The molecule has 2 rings (SSSR count). The largest absolute Gasteiger partial charge is 0.352 e. The van der Waals surface area contributed by atoms with Crippen molar-refractivity contribution in [2.45, 2.75) is 6.61 Å². The van der Waals surface area contributed by atoms with Gasteiger partial charge in [-0.3, -0.25) is 10.1 Å². The molecule has 0 unspecified atom stereocenters. The van der Waals surface area contributed by atoms with E-state index in [1.165, 1.54) is 19.6 Å². The summed E-state index contributed by atoms with van der Waals surface area (Å²) in [6.07, 6.45) is 2.52. The predicted molar refractivity (Wildman–Crippen MR) is 52.3 cm³/mol. The predicted octanol–water partition coefficient (Wildman–Crippen LogP) is 0.944. The van der Waals surface area contributed by atoms with Crippen LogP contribution >= 0.6 is 0 Å². The molecule has 0 aliphatic rings. The highest BCUT2D eigenvalue weighted by atomic mass is 17.2. The third kappa shape index (κ3) is 1.71. The molecule has 2 aromatic heterocycles. The van der Waals surface area contributed by atoms with E-state index in [9.17, 15) is 10.1 Å². The zero-order valence-corrected chi connectivity index (χ0v) is 8.34. The number of hydrogen-bond donors (Lipinski definition) is 1. The number of hydrogen-bond acceptors (Lipinski definition) is 6. The summed E-state index contributed by atoms with van der Waals surface area (Å²) in [5.74, 6) is 0. The third-order valence-electron chi connectivity index (χ3n) is 2.03. The first-order valence-corrected chi connectivity index (χ1v) is 4.35. The van der Waals surface area contributed by atoms with Crippen molar-refractivity contribution in [2.24, 2.45) is 0 Å². The highest BCUT2D eigenvalue weighted by Crippen LogP contribution is 2.24. The number of nitro groups is 1. The number of rotatable bonds is 4. The molecule has 2 heterocycles. The summed E-state index contributed by atoms with van der Waals surface area (Å²) in [6.45, 7) is 0.0905. The van der Waals surface area contributed by atoms with E-state index in [4.69, 9.17) is 4.89 Å². The van der Waals surface area contributed by atoms with Crippen molar-refractivity contribution in [2.75, 3.05) is 7.11 Å². The van der Waals surface area contributed by atoms with Crippen LogP contribution in [-0.2, 0) is 16.4 Å². The first kappa shape index (κ1) is 10.5. The van der Waals surface area contributed by atoms with Gasteiger partial charge < -0.3 is 4.98 Å². The van der Waals surface area contributed by atoms with Crippen molar-refractivity contribution >= 4 is 16.7 Å². The van der Waals surface area contributed by atoms with Gasteiger partial charge >= 0.3 is 5.69 Å². The monoisotopic (exact) mass is 224 g/mol. The minimum absolute atomic E-state index is 0.0870. The number of aromatic nitrogens is 3. The fourth-order valence-corrected chi connectivity index (χ4v) is 1.34. The molecule has 0 saturated heterocycles. The lowest BCUT2D eigenvalue weighted by Gasteiger charge is -1.99. The number of fused-ring (bicyclic) bond motifs is 1. The van der Waals surface area contributed by atoms with Crippen molar-refractivity contribution < 1.29 is 14.7 Å². The van der Waals surface area contributed by atoms with Gasteiger partial charge in [0, 0.05) is 0 Å². The molecular weight excluding hydrogens is 216 g/mol. The van der Waals surface area contributed by atoms with Crippen LogP contribution in [0.4, 0.5) is 5.69 Å². The number of H-pyrrole nitrogens is 1. The zero-order valence-electron chi connectivity index (χ0n) is 8.34. The van der Waals surface area contributed by atoms with Crippen molar-refractivity contribution in [3.63, 3.8) is 0 Å². The van der Waals surface area contributed by atoms with E-state index >= 15 is 0 Å². The normalized spacial score (nSPS) is 10.8. The molecule has 0 radical (unpaired) electrons. The van der Waals surface area contributed by atoms with E-state index in [0.29, 0.717) is 11.2 Å². The minimum Gasteiger partial charge on any atom is -0.352 e. The maximum atomic E-state index is 10.7. The molecule has 0 aromatic carbocycles. The van der Waals surface area contributed by atoms with E-state index in [1.807, 2.05) is 0 Å². The van der Waals surface area contributed by atoms with Crippen molar-refractivity contribution in [3.8, 4) is 0 Å². The molecule has 8 heteroatoms. The van der Waals surface area contributed by atoms with Gasteiger partial charge in [-0.2, -0.15) is 0 Å². The average molecular weight is 224 g/mol. The van der Waals surface area contributed by atoms with Crippen LogP contribution in [0.3, 0.4) is 0 Å². The van der Waals surface area contributed by atoms with E-state index in [-0.39, 0.29) is 17.8 Å². The summed E-state index contributed by atoms with van der Waals surface area (Å²) in [4.78, 5) is 29.9. The molecular formula is C8H8N4O4. The van der Waals surface area contributed by atoms with Crippen molar-refractivity contribution in [3.05, 3.63) is 28.3 Å². The van der Waals surface area contributed by atoms with Crippen LogP contribution in [0.25, 0.3) is 11.0 Å². The van der Waals surface area contributed by atoms with E-state index < -0.39 is 4.92 Å². The SMILES string of the molecule is COOCc1ncnc2c([N+](=O)[O-])c[nH]c12. The maximum Gasteiger partial charge on any atom is 0.312 e. The van der Waals surface area contributed by atoms with Crippen LogP contribution in [0, 0.1) is 10.1 Å². The summed E-state index contributed by atoms with van der Waals surface area (Å²) in [5.41, 5.74) is 1.15. The van der Waals surface area contributed by atoms with Gasteiger partial charge in [0.05, 0.1) is 29.4 Å². The topological polar surface area (TPSA) is 103 Å². The van der Waals surface area contributed by atoms with E-state index in [2.05, 4.69) is 19.8 Å². The summed E-state index contributed by atoms with van der Waals surface area (Å²) >= 11 is 0. The molecule has 0 spiro atoms. The van der Waals surface area contributed by atoms with Gasteiger partial charge in [-0.25, -0.2) is 19.7 Å². The lowest BCUT2D eigenvalue weighted by atomic mass is 10.3. The van der Waals surface area contributed by atoms with Crippen LogP contribution < -0.4 is 0 Å². The molecule has 0 bridgehead atoms. The standard InChI is InChI=1S/C8H8N4O4/c1-15-16-3-5-7-8(11-4-10-5)6(2-9-7)12(13)14/h2,4,9H,3H2,1H3. The second-order valence-corrected chi connectivity index (χ2v) is 2.90. The van der Waals surface area contributed by atoms with Crippen LogP contribution in [0.5, 0.6) is 0 Å². The highest BCUT2D eigenvalue weighted by molar-refractivity contribution is 5.86. The number of nitrogens with one attached hydrogen (secondary N) is 1. The van der Waals surface area contributed by atoms with E-state index in [1.54, 1.807) is 0 Å². The fraction of sp³-hybridized carbons (Fsp3) is 0.250. The Kier molecular flexibility index (Phi) is 2.75. The van der Waals surface area contributed by atoms with Crippen molar-refractivity contribution in [1.82, 2.24) is 15.0 Å². The quantitative estimate of drug-likeness (QED) is 0.471. The zero-order chi connectivity index (χ0) is 11.5. The first-order chi connectivity index (χ1) is 7.74. The summed E-state index contributed by atoms with van der Waals surface area (Å²) in [7, 11) is 1.37. The van der Waals surface area contributed by atoms with Crippen LogP contribution in [-0.4, -0.2) is 27.0 Å². The Labute approximate surface area is 89.3 Å². The van der Waals surface area contributed by atoms with Crippen molar-refractivity contribution in [1.29, 1.82) is 0 Å². The van der Waals surface area contributed by atoms with Gasteiger partial charge in [-0.05, 0) is 0 Å². The molecule has 0 saturated carbocycles. The molecule has 8 nitrogen and oxygen atoms in total. The Morgan fingerprint density at radius 3 is 3.06 bits per heavy atom. The van der Waals surface area contributed by atoms with Crippen LogP contribution in [0.15, 0.2) is 12.5 Å². The lowest BCUT2D eigenvalue weighted by Crippen LogP contribution is -1.97. The fourth-order valence-electron chi connectivity index (χ4n) is 1.34. The minimum atomic E-state index is -0.507. The average Bonchev–Trinajstić information content (AvgIpc) is 2.70. The molecule has 1 N–H and O–H groups in total. The lowest BCUT2D eigenvalue weighted by molar-refractivity contribution is -0.383. The van der Waals surface area contributed by atoms with Gasteiger partial charge in [0.15, 0.2) is 5.52 Å². The Balaban J connectivity index is 2.49. The second kappa shape index (κ2) is 4.21. The highest BCUT2D eigenvalue weighted by Gasteiger charge is 2.17. The Hall–Kier alpha value is -2.06. The molecule has 0 fully saturated rings. The molecule has 0 atom stereocenters. The van der Waals surface area contributed by atoms with Gasteiger partial charge in [0.2, 0.25) is 0 Å². The second-order valence-electron chi connectivity index (χ2n) is 2.90. The number of aromatic amines is 1. The van der Waals surface area contributed by atoms with Crippen LogP contribution in [0.2, 0.25) is 0 Å². The van der Waals surface area contributed by atoms with E-state index in [0.717, 1.165) is 0 Å². The van der Waals surface area contributed by atoms with Gasteiger partial charge in [-0.1, -0.05) is 0 Å². The maximum absolute atomic E-state index is 10.7. The molecule has 16 heavy (non-hydrogen) atoms. The van der Waals surface area contributed by atoms with Crippen LogP contribution in [0.1, 0.15) is 5.69 Å². The molecule has 84 valence electrons. The molecule has 0 aliphatic heterocycles. The van der Waals surface area contributed by atoms with Gasteiger partial charge in [-0.15, -0.1) is 0 Å². The van der Waals surface area contributed by atoms with Gasteiger partial charge in [0.1, 0.15) is 12.9 Å².